The fourth-order valence-corrected chi connectivity index (χ4v) is 2.38. The number of phenols is 1. The number of rotatable bonds is 5. The average Bonchev–Trinajstić information content (AvgIpc) is 2.62. The Morgan fingerprint density at radius 1 is 1.04 bits per heavy atom. The molecule has 8 heteroatoms. The first-order valence-corrected chi connectivity index (χ1v) is 7.19. The zero-order valence-corrected chi connectivity index (χ0v) is 13.4. The van der Waals surface area contributed by atoms with Crippen LogP contribution < -0.4 is 14.2 Å². The molecular formula is C17H14N2O6. The molecule has 3 aromatic rings. The van der Waals surface area contributed by atoms with E-state index in [0.29, 0.717) is 28.2 Å². The smallest absolute Gasteiger partial charge is 0.314 e. The molecule has 1 aromatic heterocycles. The van der Waals surface area contributed by atoms with E-state index in [0.717, 1.165) is 6.07 Å². The molecule has 0 atom stereocenters. The molecule has 0 saturated heterocycles. The number of nitrogens with zero attached hydrogens (tertiary/aromatic N) is 2. The van der Waals surface area contributed by atoms with Crippen LogP contribution in [0.5, 0.6) is 28.7 Å². The van der Waals surface area contributed by atoms with Gasteiger partial charge in [-0.3, -0.25) is 15.1 Å². The van der Waals surface area contributed by atoms with E-state index >= 15 is 0 Å². The van der Waals surface area contributed by atoms with Crippen molar-refractivity contribution >= 4 is 16.6 Å². The highest BCUT2D eigenvalue weighted by Gasteiger charge is 2.16. The summed E-state index contributed by atoms with van der Waals surface area (Å²) in [6, 6.07) is 8.86. The second kappa shape index (κ2) is 6.52. The number of hydrogen-bond donors (Lipinski definition) is 1. The van der Waals surface area contributed by atoms with Crippen LogP contribution in [-0.4, -0.2) is 29.2 Å². The van der Waals surface area contributed by atoms with Crippen molar-refractivity contribution in [2.75, 3.05) is 14.2 Å². The van der Waals surface area contributed by atoms with Crippen molar-refractivity contribution in [2.45, 2.75) is 0 Å². The van der Waals surface area contributed by atoms with Crippen LogP contribution in [-0.2, 0) is 0 Å². The number of benzene rings is 2. The van der Waals surface area contributed by atoms with Crippen LogP contribution >= 0.6 is 0 Å². The largest absolute Gasteiger partial charge is 0.502 e. The van der Waals surface area contributed by atoms with E-state index in [2.05, 4.69) is 4.98 Å². The molecule has 0 spiro atoms. The summed E-state index contributed by atoms with van der Waals surface area (Å²) in [5.41, 5.74) is 0.179. The third kappa shape index (κ3) is 3.09. The Kier molecular flexibility index (Phi) is 4.25. The Hall–Kier alpha value is -3.55. The van der Waals surface area contributed by atoms with Gasteiger partial charge in [0.05, 0.1) is 30.7 Å². The van der Waals surface area contributed by atoms with Crippen LogP contribution in [0.15, 0.2) is 42.6 Å². The van der Waals surface area contributed by atoms with Crippen molar-refractivity contribution in [3.05, 3.63) is 52.7 Å². The predicted molar refractivity (Wildman–Crippen MR) is 89.7 cm³/mol. The Labute approximate surface area is 142 Å². The van der Waals surface area contributed by atoms with E-state index in [1.54, 1.807) is 24.4 Å². The predicted octanol–water partition coefficient (Wildman–Crippen LogP) is 3.66. The number of phenolic OH excluding ortho intramolecular Hbond substituents is 1. The molecule has 0 unspecified atom stereocenters. The van der Waals surface area contributed by atoms with Crippen LogP contribution in [0.25, 0.3) is 10.9 Å². The van der Waals surface area contributed by atoms with Crippen LogP contribution in [0.4, 0.5) is 5.69 Å². The number of aromatic nitrogens is 1. The molecule has 0 amide bonds. The minimum Gasteiger partial charge on any atom is -0.502 e. The Morgan fingerprint density at radius 2 is 1.76 bits per heavy atom. The lowest BCUT2D eigenvalue weighted by molar-refractivity contribution is -0.385. The highest BCUT2D eigenvalue weighted by molar-refractivity contribution is 5.88. The molecule has 1 heterocycles. The van der Waals surface area contributed by atoms with Crippen molar-refractivity contribution in [1.29, 1.82) is 0 Å². The number of fused-ring (bicyclic) bond motifs is 1. The van der Waals surface area contributed by atoms with Gasteiger partial charge in [-0.05, 0) is 24.3 Å². The number of aromatic hydroxyl groups is 1. The normalized spacial score (nSPS) is 10.5. The number of hydrogen-bond acceptors (Lipinski definition) is 7. The number of methoxy groups -OCH3 is 2. The highest BCUT2D eigenvalue weighted by Crippen LogP contribution is 2.38. The second-order valence-corrected chi connectivity index (χ2v) is 5.04. The van der Waals surface area contributed by atoms with E-state index in [1.807, 2.05) is 0 Å². The van der Waals surface area contributed by atoms with E-state index in [1.165, 1.54) is 26.4 Å². The molecule has 1 N–H and O–H groups in total. The molecule has 8 nitrogen and oxygen atoms in total. The van der Waals surface area contributed by atoms with Gasteiger partial charge >= 0.3 is 5.69 Å². The number of nitro groups is 1. The SMILES string of the molecule is COc1cc2nccc(Oc3ccc(O)c([N+](=O)[O-])c3)c2cc1OC. The van der Waals surface area contributed by atoms with Gasteiger partial charge < -0.3 is 19.3 Å². The molecule has 0 aliphatic rings. The summed E-state index contributed by atoms with van der Waals surface area (Å²) < 4.78 is 16.3. The molecule has 0 radical (unpaired) electrons. The van der Waals surface area contributed by atoms with Gasteiger partial charge in [0.2, 0.25) is 0 Å². The Bertz CT molecular complexity index is 957. The molecule has 3 rings (SSSR count). The summed E-state index contributed by atoms with van der Waals surface area (Å²) >= 11 is 0. The van der Waals surface area contributed by atoms with Gasteiger partial charge in [-0.15, -0.1) is 0 Å². The molecule has 0 saturated carbocycles. The number of ether oxygens (including phenoxy) is 3. The summed E-state index contributed by atoms with van der Waals surface area (Å²) in [6.45, 7) is 0. The van der Waals surface area contributed by atoms with Crippen molar-refractivity contribution < 1.29 is 24.2 Å². The minimum atomic E-state index is -0.680. The molecule has 0 bridgehead atoms. The van der Waals surface area contributed by atoms with Crippen molar-refractivity contribution in [1.82, 2.24) is 4.98 Å². The lowest BCUT2D eigenvalue weighted by atomic mass is 10.2. The zero-order valence-electron chi connectivity index (χ0n) is 13.4. The van der Waals surface area contributed by atoms with Gasteiger partial charge in [-0.2, -0.15) is 0 Å². The lowest BCUT2D eigenvalue weighted by Gasteiger charge is -2.12. The summed E-state index contributed by atoms with van der Waals surface area (Å²) in [5.74, 6) is 1.26. The maximum Gasteiger partial charge on any atom is 0.314 e. The highest BCUT2D eigenvalue weighted by atomic mass is 16.6. The van der Waals surface area contributed by atoms with Crippen LogP contribution in [0.3, 0.4) is 0 Å². The van der Waals surface area contributed by atoms with E-state index in [9.17, 15) is 15.2 Å². The summed E-state index contributed by atoms with van der Waals surface area (Å²) in [4.78, 5) is 14.5. The number of pyridine rings is 1. The van der Waals surface area contributed by atoms with Crippen molar-refractivity contribution in [3.63, 3.8) is 0 Å². The maximum atomic E-state index is 10.9. The molecular weight excluding hydrogens is 328 g/mol. The summed E-state index contributed by atoms with van der Waals surface area (Å²) in [7, 11) is 3.05. The topological polar surface area (TPSA) is 104 Å². The van der Waals surface area contributed by atoms with E-state index in [4.69, 9.17) is 14.2 Å². The Balaban J connectivity index is 2.07. The fourth-order valence-electron chi connectivity index (χ4n) is 2.38. The average molecular weight is 342 g/mol. The van der Waals surface area contributed by atoms with E-state index in [-0.39, 0.29) is 5.75 Å². The second-order valence-electron chi connectivity index (χ2n) is 5.04. The lowest BCUT2D eigenvalue weighted by Crippen LogP contribution is -1.94. The first kappa shape index (κ1) is 16.3. The third-order valence-corrected chi connectivity index (χ3v) is 3.58. The molecule has 2 aromatic carbocycles. The molecule has 0 aliphatic carbocycles. The molecule has 25 heavy (non-hydrogen) atoms. The van der Waals surface area contributed by atoms with Gasteiger partial charge in [0.15, 0.2) is 17.2 Å². The molecule has 0 aliphatic heterocycles. The summed E-state index contributed by atoms with van der Waals surface area (Å²) in [6.07, 6.45) is 1.55. The first-order valence-electron chi connectivity index (χ1n) is 7.19. The first-order chi connectivity index (χ1) is 12.0. The number of nitro benzene ring substituents is 1. The van der Waals surface area contributed by atoms with Crippen LogP contribution in [0, 0.1) is 10.1 Å². The standard InChI is InChI=1S/C17H14N2O6/c1-23-16-8-11-12(9-17(16)24-2)18-6-5-15(11)25-10-3-4-14(20)13(7-10)19(21)22/h3-9,20H,1-2H3. The van der Waals surface area contributed by atoms with E-state index < -0.39 is 16.4 Å². The third-order valence-electron chi connectivity index (χ3n) is 3.58. The monoisotopic (exact) mass is 342 g/mol. The fraction of sp³-hybridized carbons (Fsp3) is 0.118. The van der Waals surface area contributed by atoms with Gasteiger partial charge in [0.25, 0.3) is 0 Å². The minimum absolute atomic E-state index is 0.215. The summed E-state index contributed by atoms with van der Waals surface area (Å²) in [5, 5.41) is 21.1. The van der Waals surface area contributed by atoms with Gasteiger partial charge in [0, 0.05) is 17.6 Å². The van der Waals surface area contributed by atoms with Crippen LogP contribution in [0.1, 0.15) is 0 Å². The van der Waals surface area contributed by atoms with Crippen molar-refractivity contribution in [2.24, 2.45) is 0 Å². The molecule has 128 valence electrons. The molecule has 0 fully saturated rings. The van der Waals surface area contributed by atoms with Gasteiger partial charge in [-0.25, -0.2) is 0 Å². The quantitative estimate of drug-likeness (QED) is 0.557. The van der Waals surface area contributed by atoms with Gasteiger partial charge in [0.1, 0.15) is 11.5 Å². The maximum absolute atomic E-state index is 10.9. The van der Waals surface area contributed by atoms with Gasteiger partial charge in [-0.1, -0.05) is 0 Å². The Morgan fingerprint density at radius 3 is 2.44 bits per heavy atom. The zero-order chi connectivity index (χ0) is 18.0. The van der Waals surface area contributed by atoms with Crippen molar-refractivity contribution in [3.8, 4) is 28.7 Å². The van der Waals surface area contributed by atoms with Crippen LogP contribution in [0.2, 0.25) is 0 Å².